The minimum Gasteiger partial charge on any atom is -0.478 e. The van der Waals surface area contributed by atoms with Crippen molar-refractivity contribution in [3.8, 4) is 0 Å². The number of hydrogen-bond donors (Lipinski definition) is 1. The number of carboxylic acid groups (broad SMARTS) is 1. The van der Waals surface area contributed by atoms with E-state index in [0.717, 1.165) is 25.2 Å². The fourth-order valence-corrected chi connectivity index (χ4v) is 2.92. The zero-order valence-corrected chi connectivity index (χ0v) is 12.4. The van der Waals surface area contributed by atoms with Crippen molar-refractivity contribution in [1.82, 2.24) is 0 Å². The molecule has 1 unspecified atom stereocenters. The lowest BCUT2D eigenvalue weighted by molar-refractivity contribution is 0.0698. The molecule has 19 heavy (non-hydrogen) atoms. The molecule has 2 rings (SSSR count). The number of nitrogens with zero attached hydrogens (tertiary/aromatic N) is 1. The van der Waals surface area contributed by atoms with Crippen LogP contribution in [0.4, 0.5) is 5.69 Å². The molecule has 1 aliphatic rings. The van der Waals surface area contributed by atoms with E-state index in [9.17, 15) is 9.90 Å². The van der Waals surface area contributed by atoms with E-state index in [2.05, 4.69) is 25.7 Å². The molecular weight excluding hydrogens is 262 g/mol. The van der Waals surface area contributed by atoms with Crippen LogP contribution in [0.5, 0.6) is 0 Å². The largest absolute Gasteiger partial charge is 0.478 e. The molecule has 4 heteroatoms. The third kappa shape index (κ3) is 2.86. The van der Waals surface area contributed by atoms with Gasteiger partial charge in [0.05, 0.1) is 10.7 Å². The predicted molar refractivity (Wildman–Crippen MR) is 78.2 cm³/mol. The molecule has 1 atom stereocenters. The van der Waals surface area contributed by atoms with Crippen molar-refractivity contribution in [2.24, 2.45) is 11.3 Å². The summed E-state index contributed by atoms with van der Waals surface area (Å²) in [4.78, 5) is 13.5. The van der Waals surface area contributed by atoms with Gasteiger partial charge in [0.2, 0.25) is 0 Å². The van der Waals surface area contributed by atoms with Gasteiger partial charge in [0.25, 0.3) is 0 Å². The topological polar surface area (TPSA) is 40.5 Å². The number of halogens is 1. The molecule has 1 aromatic carbocycles. The fraction of sp³-hybridized carbons (Fsp3) is 0.533. The van der Waals surface area contributed by atoms with Gasteiger partial charge in [-0.3, -0.25) is 0 Å². The molecule has 1 saturated heterocycles. The zero-order valence-electron chi connectivity index (χ0n) is 11.6. The van der Waals surface area contributed by atoms with Crippen molar-refractivity contribution in [3.63, 3.8) is 0 Å². The van der Waals surface area contributed by atoms with E-state index in [1.54, 1.807) is 6.07 Å². The van der Waals surface area contributed by atoms with Crippen molar-refractivity contribution in [3.05, 3.63) is 28.8 Å². The lowest BCUT2D eigenvalue weighted by Crippen LogP contribution is -2.27. The maximum Gasteiger partial charge on any atom is 0.339 e. The average Bonchev–Trinajstić information content (AvgIpc) is 2.76. The normalized spacial score (nSPS) is 19.8. The number of benzene rings is 1. The van der Waals surface area contributed by atoms with E-state index in [-0.39, 0.29) is 11.0 Å². The molecule has 1 aliphatic heterocycles. The molecule has 104 valence electrons. The van der Waals surface area contributed by atoms with Gasteiger partial charge in [0, 0.05) is 13.1 Å². The molecule has 0 aliphatic carbocycles. The summed E-state index contributed by atoms with van der Waals surface area (Å²) < 4.78 is 0. The van der Waals surface area contributed by atoms with Gasteiger partial charge in [-0.25, -0.2) is 4.79 Å². The predicted octanol–water partition coefficient (Wildman–Crippen LogP) is 3.91. The standard InChI is InChI=1S/C15H20ClNO2/c1-15(2,3)10-7-8-17(9-10)12-6-4-5-11(16)13(12)14(18)19/h4-6,10H,7-9H2,1-3H3,(H,18,19). The summed E-state index contributed by atoms with van der Waals surface area (Å²) in [6, 6.07) is 5.29. The van der Waals surface area contributed by atoms with Crippen LogP contribution < -0.4 is 4.90 Å². The molecule has 0 radical (unpaired) electrons. The van der Waals surface area contributed by atoms with Crippen LogP contribution in [0.3, 0.4) is 0 Å². The Morgan fingerprint density at radius 3 is 2.63 bits per heavy atom. The van der Waals surface area contributed by atoms with Crippen LogP contribution in [0.15, 0.2) is 18.2 Å². The van der Waals surface area contributed by atoms with E-state index in [4.69, 9.17) is 11.6 Å². The van der Waals surface area contributed by atoms with Crippen LogP contribution in [-0.4, -0.2) is 24.2 Å². The molecule has 0 saturated carbocycles. The number of aromatic carboxylic acids is 1. The van der Waals surface area contributed by atoms with E-state index in [1.807, 2.05) is 12.1 Å². The molecule has 1 N–H and O–H groups in total. The van der Waals surface area contributed by atoms with Crippen molar-refractivity contribution < 1.29 is 9.90 Å². The summed E-state index contributed by atoms with van der Waals surface area (Å²) in [5.74, 6) is -0.382. The van der Waals surface area contributed by atoms with Gasteiger partial charge < -0.3 is 10.0 Å². The van der Waals surface area contributed by atoms with Crippen LogP contribution in [0.1, 0.15) is 37.6 Å². The first-order valence-corrected chi connectivity index (χ1v) is 6.95. The second kappa shape index (κ2) is 5.04. The molecule has 0 aromatic heterocycles. The number of hydrogen-bond acceptors (Lipinski definition) is 2. The minimum absolute atomic E-state index is 0.221. The highest BCUT2D eigenvalue weighted by Crippen LogP contribution is 2.37. The maximum atomic E-state index is 11.4. The summed E-state index contributed by atoms with van der Waals surface area (Å²) in [5, 5.41) is 9.63. The third-order valence-electron chi connectivity index (χ3n) is 3.96. The maximum absolute atomic E-state index is 11.4. The van der Waals surface area contributed by atoms with Gasteiger partial charge >= 0.3 is 5.97 Å². The van der Waals surface area contributed by atoms with E-state index in [1.165, 1.54) is 0 Å². The monoisotopic (exact) mass is 281 g/mol. The Labute approximate surface area is 119 Å². The Hall–Kier alpha value is -1.22. The van der Waals surface area contributed by atoms with Crippen molar-refractivity contribution in [2.75, 3.05) is 18.0 Å². The molecular formula is C15H20ClNO2. The summed E-state index contributed by atoms with van der Waals surface area (Å²) >= 11 is 6.02. The lowest BCUT2D eigenvalue weighted by Gasteiger charge is -2.28. The highest BCUT2D eigenvalue weighted by atomic mass is 35.5. The molecule has 0 bridgehead atoms. The van der Waals surface area contributed by atoms with Crippen molar-refractivity contribution >= 4 is 23.3 Å². The molecule has 0 spiro atoms. The molecule has 1 aromatic rings. The molecule has 3 nitrogen and oxygen atoms in total. The summed E-state index contributed by atoms with van der Waals surface area (Å²) in [6.45, 7) is 8.48. The van der Waals surface area contributed by atoms with Crippen LogP contribution in [0.25, 0.3) is 0 Å². The minimum atomic E-state index is -0.959. The van der Waals surface area contributed by atoms with Crippen molar-refractivity contribution in [2.45, 2.75) is 27.2 Å². The summed E-state index contributed by atoms with van der Waals surface area (Å²) in [6.07, 6.45) is 1.09. The summed E-state index contributed by atoms with van der Waals surface area (Å²) in [5.41, 5.74) is 1.21. The number of carbonyl (C=O) groups is 1. The first-order valence-electron chi connectivity index (χ1n) is 6.57. The second-order valence-corrected chi connectivity index (χ2v) is 6.64. The number of carboxylic acids is 1. The van der Waals surface area contributed by atoms with E-state index >= 15 is 0 Å². The summed E-state index contributed by atoms with van der Waals surface area (Å²) in [7, 11) is 0. The first-order chi connectivity index (χ1) is 8.80. The van der Waals surface area contributed by atoms with Crippen LogP contribution in [-0.2, 0) is 0 Å². The molecule has 1 fully saturated rings. The first kappa shape index (κ1) is 14.2. The van der Waals surface area contributed by atoms with Crippen LogP contribution >= 0.6 is 11.6 Å². The van der Waals surface area contributed by atoms with Gasteiger partial charge in [0.1, 0.15) is 5.56 Å². The third-order valence-corrected chi connectivity index (χ3v) is 4.27. The van der Waals surface area contributed by atoms with Gasteiger partial charge in [0.15, 0.2) is 0 Å². The second-order valence-electron chi connectivity index (χ2n) is 6.24. The Kier molecular flexibility index (Phi) is 3.77. The Morgan fingerprint density at radius 2 is 2.11 bits per heavy atom. The Bertz CT molecular complexity index is 493. The highest BCUT2D eigenvalue weighted by Gasteiger charge is 2.33. The highest BCUT2D eigenvalue weighted by molar-refractivity contribution is 6.34. The van der Waals surface area contributed by atoms with E-state index in [0.29, 0.717) is 10.9 Å². The van der Waals surface area contributed by atoms with Gasteiger partial charge in [-0.1, -0.05) is 38.4 Å². The Balaban J connectivity index is 2.30. The quantitative estimate of drug-likeness (QED) is 0.893. The lowest BCUT2D eigenvalue weighted by atomic mass is 9.80. The number of rotatable bonds is 2. The van der Waals surface area contributed by atoms with Gasteiger partial charge in [-0.2, -0.15) is 0 Å². The van der Waals surface area contributed by atoms with Crippen LogP contribution in [0.2, 0.25) is 5.02 Å². The molecule has 0 amide bonds. The number of anilines is 1. The fourth-order valence-electron chi connectivity index (χ4n) is 2.67. The Morgan fingerprint density at radius 1 is 1.42 bits per heavy atom. The van der Waals surface area contributed by atoms with Crippen LogP contribution in [0, 0.1) is 11.3 Å². The van der Waals surface area contributed by atoms with Gasteiger partial charge in [-0.15, -0.1) is 0 Å². The van der Waals surface area contributed by atoms with E-state index < -0.39 is 5.97 Å². The smallest absolute Gasteiger partial charge is 0.339 e. The SMILES string of the molecule is CC(C)(C)C1CCN(c2cccc(Cl)c2C(=O)O)C1. The molecule has 1 heterocycles. The zero-order chi connectivity index (χ0) is 14.2. The van der Waals surface area contributed by atoms with Gasteiger partial charge in [-0.05, 0) is 29.9 Å². The average molecular weight is 282 g/mol. The van der Waals surface area contributed by atoms with Crippen molar-refractivity contribution in [1.29, 1.82) is 0 Å².